The van der Waals surface area contributed by atoms with Crippen LogP contribution < -0.4 is 19.3 Å². The standard InChI is InChI=1S/C24H21FN2O4/c1-26-8-9-29-22-11-21-18(10-20(22)26)24(14-30-21)17-4-2-3-5-19(17)27(23(24)28)13-16-7-6-15(12-25)31-16/h2-7,10-11H,8-9,12-14H2,1H3. The van der Waals surface area contributed by atoms with Crippen LogP contribution in [0.15, 0.2) is 52.9 Å². The first-order valence-electron chi connectivity index (χ1n) is 10.3. The zero-order valence-electron chi connectivity index (χ0n) is 17.1. The number of rotatable bonds is 3. The molecule has 6 rings (SSSR count). The summed E-state index contributed by atoms with van der Waals surface area (Å²) < 4.78 is 30.4. The van der Waals surface area contributed by atoms with Gasteiger partial charge < -0.3 is 23.7 Å². The lowest BCUT2D eigenvalue weighted by Crippen LogP contribution is -2.42. The summed E-state index contributed by atoms with van der Waals surface area (Å²) in [5.41, 5.74) is 2.62. The highest BCUT2D eigenvalue weighted by Gasteiger charge is 2.57. The Hall–Kier alpha value is -3.48. The van der Waals surface area contributed by atoms with Gasteiger partial charge in [-0.1, -0.05) is 18.2 Å². The molecule has 1 aromatic heterocycles. The van der Waals surface area contributed by atoms with E-state index in [1.54, 1.807) is 17.0 Å². The molecule has 1 amide bonds. The number of likely N-dealkylation sites (N-methyl/N-ethyl adjacent to an activating group) is 1. The maximum atomic E-state index is 14.0. The van der Waals surface area contributed by atoms with Crippen molar-refractivity contribution in [2.45, 2.75) is 18.6 Å². The molecule has 0 bridgehead atoms. The molecule has 1 spiro atoms. The monoisotopic (exact) mass is 420 g/mol. The van der Waals surface area contributed by atoms with Gasteiger partial charge in [0.05, 0.1) is 18.8 Å². The second-order valence-electron chi connectivity index (χ2n) is 8.19. The number of para-hydroxylation sites is 1. The molecule has 0 saturated carbocycles. The molecule has 0 radical (unpaired) electrons. The molecule has 4 heterocycles. The number of fused-ring (bicyclic) bond motifs is 5. The molecule has 3 aliphatic heterocycles. The molecule has 158 valence electrons. The maximum Gasteiger partial charge on any atom is 0.246 e. The Morgan fingerprint density at radius 3 is 2.68 bits per heavy atom. The predicted octanol–water partition coefficient (Wildman–Crippen LogP) is 3.80. The zero-order chi connectivity index (χ0) is 21.2. The summed E-state index contributed by atoms with van der Waals surface area (Å²) in [5, 5.41) is 0. The summed E-state index contributed by atoms with van der Waals surface area (Å²) in [6, 6.07) is 15.0. The number of furan rings is 1. The van der Waals surface area contributed by atoms with Crippen LogP contribution >= 0.6 is 0 Å². The molecule has 31 heavy (non-hydrogen) atoms. The van der Waals surface area contributed by atoms with E-state index in [1.165, 1.54) is 0 Å². The van der Waals surface area contributed by atoms with Gasteiger partial charge >= 0.3 is 0 Å². The van der Waals surface area contributed by atoms with Crippen molar-refractivity contribution in [1.82, 2.24) is 0 Å². The second kappa shape index (κ2) is 6.51. The molecule has 1 unspecified atom stereocenters. The fraction of sp³-hybridized carbons (Fsp3) is 0.292. The number of halogens is 1. The van der Waals surface area contributed by atoms with Crippen molar-refractivity contribution in [1.29, 1.82) is 0 Å². The number of alkyl halides is 1. The van der Waals surface area contributed by atoms with Crippen LogP contribution in [0, 0.1) is 0 Å². The average molecular weight is 420 g/mol. The van der Waals surface area contributed by atoms with E-state index < -0.39 is 12.1 Å². The minimum Gasteiger partial charge on any atom is -0.491 e. The van der Waals surface area contributed by atoms with Crippen molar-refractivity contribution in [2.24, 2.45) is 0 Å². The molecule has 0 aliphatic carbocycles. The molecule has 7 heteroatoms. The third-order valence-corrected chi connectivity index (χ3v) is 6.49. The van der Waals surface area contributed by atoms with E-state index in [0.29, 0.717) is 18.1 Å². The normalized spacial score (nSPS) is 21.0. The second-order valence-corrected chi connectivity index (χ2v) is 8.19. The van der Waals surface area contributed by atoms with E-state index in [-0.39, 0.29) is 24.8 Å². The Kier molecular flexibility index (Phi) is 3.84. The fourth-order valence-electron chi connectivity index (χ4n) is 4.91. The summed E-state index contributed by atoms with van der Waals surface area (Å²) in [5.74, 6) is 2.19. The summed E-state index contributed by atoms with van der Waals surface area (Å²) in [6.45, 7) is 1.20. The van der Waals surface area contributed by atoms with Gasteiger partial charge in [-0.15, -0.1) is 0 Å². The zero-order valence-corrected chi connectivity index (χ0v) is 17.1. The Morgan fingerprint density at radius 1 is 1.00 bits per heavy atom. The van der Waals surface area contributed by atoms with Crippen LogP contribution in [-0.4, -0.2) is 32.7 Å². The van der Waals surface area contributed by atoms with E-state index >= 15 is 0 Å². The van der Waals surface area contributed by atoms with Crippen LogP contribution in [0.25, 0.3) is 0 Å². The van der Waals surface area contributed by atoms with Crippen molar-refractivity contribution in [2.75, 3.05) is 36.6 Å². The number of anilines is 2. The molecule has 0 N–H and O–H groups in total. The van der Waals surface area contributed by atoms with Gasteiger partial charge in [0, 0.05) is 24.4 Å². The van der Waals surface area contributed by atoms with Gasteiger partial charge in [-0.2, -0.15) is 0 Å². The average Bonchev–Trinajstić information content (AvgIpc) is 3.46. The summed E-state index contributed by atoms with van der Waals surface area (Å²) >= 11 is 0. The van der Waals surface area contributed by atoms with E-state index in [9.17, 15) is 9.18 Å². The lowest BCUT2D eigenvalue weighted by atomic mass is 9.77. The van der Waals surface area contributed by atoms with Gasteiger partial charge in [0.2, 0.25) is 5.91 Å². The lowest BCUT2D eigenvalue weighted by molar-refractivity contribution is -0.122. The largest absolute Gasteiger partial charge is 0.491 e. The van der Waals surface area contributed by atoms with Crippen molar-refractivity contribution >= 4 is 17.3 Å². The first-order chi connectivity index (χ1) is 15.1. The maximum absolute atomic E-state index is 14.0. The first-order valence-corrected chi connectivity index (χ1v) is 10.3. The number of amides is 1. The van der Waals surface area contributed by atoms with Crippen LogP contribution in [-0.2, 0) is 23.4 Å². The minimum absolute atomic E-state index is 0.0648. The van der Waals surface area contributed by atoms with Crippen LogP contribution in [0.5, 0.6) is 11.5 Å². The van der Waals surface area contributed by atoms with Gasteiger partial charge in [-0.3, -0.25) is 4.79 Å². The molecule has 0 fully saturated rings. The molecule has 2 aromatic carbocycles. The first kappa shape index (κ1) is 18.3. The van der Waals surface area contributed by atoms with Gasteiger partial charge in [0.15, 0.2) is 0 Å². The van der Waals surface area contributed by atoms with Crippen LogP contribution in [0.3, 0.4) is 0 Å². The Bertz CT molecular complexity index is 1210. The van der Waals surface area contributed by atoms with Crippen molar-refractivity contribution in [3.05, 3.63) is 71.2 Å². The molecular weight excluding hydrogens is 399 g/mol. The van der Waals surface area contributed by atoms with E-state index in [4.69, 9.17) is 13.9 Å². The Balaban J connectivity index is 1.48. The molecular formula is C24H21FN2O4. The molecule has 1 atom stereocenters. The van der Waals surface area contributed by atoms with E-state index in [1.807, 2.05) is 43.4 Å². The van der Waals surface area contributed by atoms with Gasteiger partial charge in [-0.05, 0) is 29.8 Å². The molecule has 3 aliphatic rings. The van der Waals surface area contributed by atoms with Gasteiger partial charge in [0.1, 0.15) is 48.3 Å². The number of ether oxygens (including phenoxy) is 2. The highest BCUT2D eigenvalue weighted by Crippen LogP contribution is 2.55. The minimum atomic E-state index is -0.922. The number of benzene rings is 2. The lowest BCUT2D eigenvalue weighted by Gasteiger charge is -2.29. The third-order valence-electron chi connectivity index (χ3n) is 6.49. The molecule has 6 nitrogen and oxygen atoms in total. The SMILES string of the molecule is CN1CCOc2cc3c(cc21)C1(CO3)C(=O)N(Cc2ccc(CF)o2)c2ccccc21. The summed E-state index contributed by atoms with van der Waals surface area (Å²) in [7, 11) is 2.02. The van der Waals surface area contributed by atoms with Crippen molar-refractivity contribution < 1.29 is 23.1 Å². The summed E-state index contributed by atoms with van der Waals surface area (Å²) in [6.07, 6.45) is 0. The number of carbonyl (C=O) groups is 1. The van der Waals surface area contributed by atoms with Crippen molar-refractivity contribution in [3.63, 3.8) is 0 Å². The Labute approximate surface area is 178 Å². The summed E-state index contributed by atoms with van der Waals surface area (Å²) in [4.78, 5) is 17.8. The highest BCUT2D eigenvalue weighted by molar-refractivity contribution is 6.11. The number of hydrogen-bond donors (Lipinski definition) is 0. The van der Waals surface area contributed by atoms with E-state index in [2.05, 4.69) is 4.90 Å². The van der Waals surface area contributed by atoms with E-state index in [0.717, 1.165) is 34.8 Å². The van der Waals surface area contributed by atoms with Crippen molar-refractivity contribution in [3.8, 4) is 11.5 Å². The third kappa shape index (κ3) is 2.46. The quantitative estimate of drug-likeness (QED) is 0.645. The van der Waals surface area contributed by atoms with Gasteiger partial charge in [-0.25, -0.2) is 4.39 Å². The number of hydrogen-bond acceptors (Lipinski definition) is 5. The number of carbonyl (C=O) groups excluding carboxylic acids is 1. The number of nitrogens with zero attached hydrogens (tertiary/aromatic N) is 2. The van der Waals surface area contributed by atoms with Crippen LogP contribution in [0.4, 0.5) is 15.8 Å². The smallest absolute Gasteiger partial charge is 0.246 e. The van der Waals surface area contributed by atoms with Gasteiger partial charge in [0.25, 0.3) is 0 Å². The Morgan fingerprint density at radius 2 is 1.84 bits per heavy atom. The van der Waals surface area contributed by atoms with Crippen LogP contribution in [0.1, 0.15) is 22.6 Å². The highest BCUT2D eigenvalue weighted by atomic mass is 19.1. The fourth-order valence-corrected chi connectivity index (χ4v) is 4.91. The van der Waals surface area contributed by atoms with Crippen LogP contribution in [0.2, 0.25) is 0 Å². The molecule has 3 aromatic rings. The topological polar surface area (TPSA) is 55.2 Å². The predicted molar refractivity (Wildman–Crippen MR) is 113 cm³/mol. The molecule has 0 saturated heterocycles.